The minimum Gasteiger partial charge on any atom is -0.395 e. The summed E-state index contributed by atoms with van der Waals surface area (Å²) < 4.78 is 34.5. The van der Waals surface area contributed by atoms with Crippen LogP contribution in [-0.4, -0.2) is 23.7 Å². The second-order valence-electron chi connectivity index (χ2n) is 5.03. The van der Waals surface area contributed by atoms with Gasteiger partial charge in [0.25, 0.3) is 5.69 Å². The summed E-state index contributed by atoms with van der Waals surface area (Å²) >= 11 is 0. The van der Waals surface area contributed by atoms with Gasteiger partial charge in [0.15, 0.2) is 11.5 Å². The number of nitro groups is 1. The van der Waals surface area contributed by atoms with Crippen LogP contribution >= 0.6 is 0 Å². The summed E-state index contributed by atoms with van der Waals surface area (Å²) in [7, 11) is 0. The number of hydrogen-bond acceptors (Lipinski definition) is 6. The first-order valence-electron chi connectivity index (χ1n) is 7.00. The van der Waals surface area contributed by atoms with Crippen LogP contribution in [0.5, 0.6) is 11.5 Å². The molecule has 2 aromatic carbocycles. The molecule has 0 saturated heterocycles. The van der Waals surface area contributed by atoms with Crippen LogP contribution in [0.25, 0.3) is 0 Å². The molecule has 0 atom stereocenters. The monoisotopic (exact) mass is 351 g/mol. The van der Waals surface area contributed by atoms with Gasteiger partial charge in [0, 0.05) is 29.6 Å². The van der Waals surface area contributed by atoms with Gasteiger partial charge in [-0.15, -0.1) is 8.78 Å². The lowest BCUT2D eigenvalue weighted by atomic mass is 10.2. The molecule has 1 amide bonds. The number of halogens is 2. The maximum absolute atomic E-state index is 12.9. The number of nitrogens with one attached hydrogen (secondary N) is 2. The Kier molecular flexibility index (Phi) is 4.09. The minimum atomic E-state index is -3.70. The zero-order valence-electron chi connectivity index (χ0n) is 12.5. The number of alkyl halides is 2. The van der Waals surface area contributed by atoms with Crippen LogP contribution in [0.4, 0.5) is 25.8 Å². The maximum Gasteiger partial charge on any atom is 0.586 e. The average Bonchev–Trinajstić information content (AvgIpc) is 2.86. The smallest absolute Gasteiger partial charge is 0.395 e. The Balaban J connectivity index is 1.55. The number of nitrogens with zero attached hydrogens (tertiary/aromatic N) is 1. The molecule has 2 N–H and O–H groups in total. The number of anilines is 2. The Labute approximate surface area is 139 Å². The van der Waals surface area contributed by atoms with Crippen LogP contribution in [0.15, 0.2) is 42.5 Å². The van der Waals surface area contributed by atoms with E-state index in [1.807, 2.05) is 0 Å². The van der Waals surface area contributed by atoms with E-state index < -0.39 is 17.1 Å². The van der Waals surface area contributed by atoms with Crippen molar-refractivity contribution in [3.63, 3.8) is 0 Å². The Morgan fingerprint density at radius 1 is 1.08 bits per heavy atom. The summed E-state index contributed by atoms with van der Waals surface area (Å²) in [4.78, 5) is 21.9. The van der Waals surface area contributed by atoms with Gasteiger partial charge in [-0.3, -0.25) is 14.9 Å². The Morgan fingerprint density at radius 2 is 1.72 bits per heavy atom. The molecular weight excluding hydrogens is 340 g/mol. The quantitative estimate of drug-likeness (QED) is 0.634. The number of carbonyl (C=O) groups is 1. The lowest BCUT2D eigenvalue weighted by Crippen LogP contribution is -2.25. The van der Waals surface area contributed by atoms with Gasteiger partial charge < -0.3 is 20.1 Å². The molecule has 25 heavy (non-hydrogen) atoms. The molecule has 10 heteroatoms. The van der Waals surface area contributed by atoms with Gasteiger partial charge in [0.2, 0.25) is 5.91 Å². The van der Waals surface area contributed by atoms with E-state index in [2.05, 4.69) is 20.1 Å². The van der Waals surface area contributed by atoms with Crippen LogP contribution in [0.1, 0.15) is 0 Å². The third kappa shape index (κ3) is 3.91. The first-order chi connectivity index (χ1) is 11.8. The lowest BCUT2D eigenvalue weighted by molar-refractivity contribution is -0.384. The number of nitro benzene ring substituents is 1. The van der Waals surface area contributed by atoms with Crippen LogP contribution in [-0.2, 0) is 4.79 Å². The van der Waals surface area contributed by atoms with Gasteiger partial charge in [-0.25, -0.2) is 0 Å². The summed E-state index contributed by atoms with van der Waals surface area (Å²) in [6, 6.07) is 9.38. The third-order valence-electron chi connectivity index (χ3n) is 3.22. The van der Waals surface area contributed by atoms with Crippen LogP contribution in [0.3, 0.4) is 0 Å². The summed E-state index contributed by atoms with van der Waals surface area (Å²) in [5, 5.41) is 15.9. The van der Waals surface area contributed by atoms with Crippen molar-refractivity contribution in [1.29, 1.82) is 0 Å². The zero-order chi connectivity index (χ0) is 18.0. The summed E-state index contributed by atoms with van der Waals surface area (Å²) in [5.74, 6) is -0.645. The molecule has 1 aliphatic rings. The zero-order valence-corrected chi connectivity index (χ0v) is 12.5. The molecule has 0 aliphatic carbocycles. The molecular formula is C15H11F2N3O5. The van der Waals surface area contributed by atoms with E-state index in [-0.39, 0.29) is 23.7 Å². The molecule has 0 radical (unpaired) electrons. The number of benzene rings is 2. The molecule has 3 rings (SSSR count). The van der Waals surface area contributed by atoms with Gasteiger partial charge in [-0.05, 0) is 24.3 Å². The van der Waals surface area contributed by atoms with Crippen molar-refractivity contribution in [1.82, 2.24) is 0 Å². The molecule has 1 heterocycles. The first-order valence-corrected chi connectivity index (χ1v) is 7.00. The normalized spacial score (nSPS) is 14.0. The molecule has 130 valence electrons. The predicted octanol–water partition coefficient (Wildman–Crippen LogP) is 2.97. The van der Waals surface area contributed by atoms with Crippen LogP contribution < -0.4 is 20.1 Å². The minimum absolute atomic E-state index is 0.0896. The van der Waals surface area contributed by atoms with Crippen molar-refractivity contribution in [2.24, 2.45) is 0 Å². The number of carbonyl (C=O) groups excluding carboxylic acids is 1. The molecule has 2 aromatic rings. The number of hydrogen-bond donors (Lipinski definition) is 2. The summed E-state index contributed by atoms with van der Waals surface area (Å²) in [6.45, 7) is -0.146. The number of rotatable bonds is 5. The second kappa shape index (κ2) is 6.23. The highest BCUT2D eigenvalue weighted by molar-refractivity contribution is 5.93. The van der Waals surface area contributed by atoms with Crippen LogP contribution in [0, 0.1) is 10.1 Å². The molecule has 0 fully saturated rings. The third-order valence-corrected chi connectivity index (χ3v) is 3.22. The fourth-order valence-corrected chi connectivity index (χ4v) is 2.11. The molecule has 1 aliphatic heterocycles. The lowest BCUT2D eigenvalue weighted by Gasteiger charge is -2.08. The predicted molar refractivity (Wildman–Crippen MR) is 82.9 cm³/mol. The van der Waals surface area contributed by atoms with E-state index in [1.54, 1.807) is 0 Å². The van der Waals surface area contributed by atoms with Gasteiger partial charge in [-0.1, -0.05) is 0 Å². The Morgan fingerprint density at radius 3 is 2.40 bits per heavy atom. The summed E-state index contributed by atoms with van der Waals surface area (Å²) in [6.07, 6.45) is -3.70. The van der Waals surface area contributed by atoms with Gasteiger partial charge in [-0.2, -0.15) is 0 Å². The van der Waals surface area contributed by atoms with E-state index in [0.29, 0.717) is 11.4 Å². The highest BCUT2D eigenvalue weighted by atomic mass is 19.3. The molecule has 0 bridgehead atoms. The maximum atomic E-state index is 12.9. The number of ether oxygens (including phenoxy) is 2. The molecule has 0 saturated carbocycles. The van der Waals surface area contributed by atoms with Crippen molar-refractivity contribution < 1.29 is 28.0 Å². The number of amides is 1. The number of fused-ring (bicyclic) bond motifs is 1. The second-order valence-corrected chi connectivity index (χ2v) is 5.03. The topological polar surface area (TPSA) is 103 Å². The fourth-order valence-electron chi connectivity index (χ4n) is 2.11. The standard InChI is InChI=1S/C15H11F2N3O5/c16-15(17)24-12-6-3-10(7-13(12)25-15)18-8-14(21)19-9-1-4-11(5-2-9)20(22)23/h1-7,18H,8H2,(H,19,21). The Bertz CT molecular complexity index is 826. The van der Waals surface area contributed by atoms with Crippen molar-refractivity contribution in [2.45, 2.75) is 6.29 Å². The van der Waals surface area contributed by atoms with E-state index in [4.69, 9.17) is 0 Å². The number of non-ortho nitro benzene ring substituents is 1. The van der Waals surface area contributed by atoms with Crippen molar-refractivity contribution in [3.05, 3.63) is 52.6 Å². The summed E-state index contributed by atoms with van der Waals surface area (Å²) in [5.41, 5.74) is 0.690. The highest BCUT2D eigenvalue weighted by Crippen LogP contribution is 2.42. The van der Waals surface area contributed by atoms with Gasteiger partial charge >= 0.3 is 6.29 Å². The van der Waals surface area contributed by atoms with E-state index in [1.165, 1.54) is 42.5 Å². The van der Waals surface area contributed by atoms with Crippen molar-refractivity contribution >= 4 is 23.0 Å². The molecule has 8 nitrogen and oxygen atoms in total. The van der Waals surface area contributed by atoms with Crippen LogP contribution in [0.2, 0.25) is 0 Å². The largest absolute Gasteiger partial charge is 0.586 e. The fraction of sp³-hybridized carbons (Fsp3) is 0.133. The molecule has 0 aromatic heterocycles. The highest BCUT2D eigenvalue weighted by Gasteiger charge is 2.43. The average molecular weight is 351 g/mol. The molecule has 0 spiro atoms. The van der Waals surface area contributed by atoms with E-state index in [0.717, 1.165) is 0 Å². The Hall–Kier alpha value is -3.43. The van der Waals surface area contributed by atoms with E-state index in [9.17, 15) is 23.7 Å². The van der Waals surface area contributed by atoms with Crippen molar-refractivity contribution in [3.8, 4) is 11.5 Å². The SMILES string of the molecule is O=C(CNc1ccc2c(c1)OC(F)(F)O2)Nc1ccc([N+](=O)[O-])cc1. The van der Waals surface area contributed by atoms with E-state index >= 15 is 0 Å². The first kappa shape index (κ1) is 16.4. The van der Waals surface area contributed by atoms with Crippen molar-refractivity contribution in [2.75, 3.05) is 17.2 Å². The molecule has 0 unspecified atom stereocenters. The van der Waals surface area contributed by atoms with Gasteiger partial charge in [0.1, 0.15) is 0 Å². The van der Waals surface area contributed by atoms with Gasteiger partial charge in [0.05, 0.1) is 11.5 Å².